The molecule has 1 fully saturated rings. The predicted octanol–water partition coefficient (Wildman–Crippen LogP) is 3.62. The fraction of sp³-hybridized carbons (Fsp3) is 0.182. The summed E-state index contributed by atoms with van der Waals surface area (Å²) in [7, 11) is 0. The Bertz CT molecular complexity index is 1140. The molecule has 1 amide bonds. The molecule has 2 aliphatic rings. The third-order valence-electron chi connectivity index (χ3n) is 5.02. The molecule has 7 nitrogen and oxygen atoms in total. The van der Waals surface area contributed by atoms with Crippen LogP contribution in [-0.2, 0) is 4.74 Å². The number of fused-ring (bicyclic) bond motifs is 2. The molecular weight excluding hydrogens is 372 g/mol. The molecule has 0 bridgehead atoms. The van der Waals surface area contributed by atoms with Crippen LogP contribution in [0.1, 0.15) is 15.9 Å². The number of aromatic nitrogens is 1. The van der Waals surface area contributed by atoms with E-state index in [1.807, 2.05) is 30.5 Å². The number of carbonyl (C=O) groups is 2. The normalized spacial score (nSPS) is 17.4. The maximum atomic E-state index is 12.7. The monoisotopic (exact) mass is 390 g/mol. The van der Waals surface area contributed by atoms with E-state index in [0.29, 0.717) is 43.4 Å². The van der Waals surface area contributed by atoms with Crippen molar-refractivity contribution in [1.29, 1.82) is 0 Å². The summed E-state index contributed by atoms with van der Waals surface area (Å²) in [6.45, 7) is 1.99. The van der Waals surface area contributed by atoms with E-state index in [1.54, 1.807) is 29.2 Å². The Balaban J connectivity index is 1.37. The minimum absolute atomic E-state index is 0.198. The molecule has 1 N–H and O–H groups in total. The van der Waals surface area contributed by atoms with E-state index >= 15 is 0 Å². The van der Waals surface area contributed by atoms with Crippen molar-refractivity contribution in [3.63, 3.8) is 0 Å². The van der Waals surface area contributed by atoms with Crippen molar-refractivity contribution in [2.45, 2.75) is 0 Å². The summed E-state index contributed by atoms with van der Waals surface area (Å²) in [5.41, 5.74) is 2.30. The van der Waals surface area contributed by atoms with Gasteiger partial charge in [0.1, 0.15) is 11.5 Å². The third kappa shape index (κ3) is 3.25. The van der Waals surface area contributed by atoms with Crippen LogP contribution in [-0.4, -0.2) is 48.1 Å². The molecule has 29 heavy (non-hydrogen) atoms. The van der Waals surface area contributed by atoms with Crippen LogP contribution >= 0.6 is 0 Å². The van der Waals surface area contributed by atoms with Crippen molar-refractivity contribution in [2.24, 2.45) is 0 Å². The number of ether oxygens (including phenoxy) is 3. The van der Waals surface area contributed by atoms with Gasteiger partial charge in [0.15, 0.2) is 5.76 Å². The number of rotatable bonds is 2. The van der Waals surface area contributed by atoms with E-state index in [0.717, 1.165) is 16.5 Å². The number of nitrogens with zero attached hydrogens (tertiary/aromatic N) is 1. The number of amides is 1. The highest BCUT2D eigenvalue weighted by Gasteiger charge is 2.29. The highest BCUT2D eigenvalue weighted by molar-refractivity contribution is 6.15. The summed E-state index contributed by atoms with van der Waals surface area (Å²) in [6, 6.07) is 12.6. The van der Waals surface area contributed by atoms with Gasteiger partial charge < -0.3 is 24.1 Å². The average molecular weight is 390 g/mol. The molecule has 0 spiro atoms. The van der Waals surface area contributed by atoms with Gasteiger partial charge in [0.05, 0.1) is 18.8 Å². The minimum atomic E-state index is -0.438. The van der Waals surface area contributed by atoms with Crippen molar-refractivity contribution in [3.05, 3.63) is 65.5 Å². The highest BCUT2D eigenvalue weighted by Crippen LogP contribution is 2.35. The van der Waals surface area contributed by atoms with E-state index in [1.165, 1.54) is 0 Å². The summed E-state index contributed by atoms with van der Waals surface area (Å²) in [4.78, 5) is 29.7. The number of carbonyl (C=O) groups excluding carboxylic acids is 2. The van der Waals surface area contributed by atoms with Gasteiger partial charge in [0.25, 0.3) is 0 Å². The van der Waals surface area contributed by atoms with Crippen LogP contribution in [0.5, 0.6) is 11.5 Å². The zero-order chi connectivity index (χ0) is 19.8. The summed E-state index contributed by atoms with van der Waals surface area (Å²) in [6.07, 6.45) is 3.13. The second kappa shape index (κ2) is 7.10. The van der Waals surface area contributed by atoms with E-state index in [9.17, 15) is 9.59 Å². The van der Waals surface area contributed by atoms with Gasteiger partial charge >= 0.3 is 6.09 Å². The number of nitrogens with one attached hydrogen (secondary N) is 1. The molecule has 3 aromatic rings. The van der Waals surface area contributed by atoms with Crippen LogP contribution in [0.4, 0.5) is 4.79 Å². The van der Waals surface area contributed by atoms with Crippen LogP contribution in [0.15, 0.2) is 54.4 Å². The molecular formula is C22H18N2O5. The molecule has 2 aliphatic heterocycles. The Kier molecular flexibility index (Phi) is 4.29. The first-order valence-corrected chi connectivity index (χ1v) is 9.38. The van der Waals surface area contributed by atoms with Gasteiger partial charge in [0, 0.05) is 41.8 Å². The first-order valence-electron chi connectivity index (χ1n) is 9.38. The lowest BCUT2D eigenvalue weighted by Crippen LogP contribution is -2.42. The number of hydrogen-bond acceptors (Lipinski definition) is 5. The fourth-order valence-electron chi connectivity index (χ4n) is 3.50. The van der Waals surface area contributed by atoms with Gasteiger partial charge in [-0.05, 0) is 24.3 Å². The molecule has 0 aliphatic carbocycles. The summed E-state index contributed by atoms with van der Waals surface area (Å²) in [5, 5.41) is 1.01. The number of morpholine rings is 1. The van der Waals surface area contributed by atoms with Gasteiger partial charge in [-0.1, -0.05) is 18.2 Å². The van der Waals surface area contributed by atoms with Gasteiger partial charge in [-0.3, -0.25) is 4.79 Å². The van der Waals surface area contributed by atoms with E-state index in [-0.39, 0.29) is 11.5 Å². The molecule has 0 radical (unpaired) electrons. The number of Topliss-reactive ketones (excluding diaryl/α,β-unsaturated/α-hetero) is 1. The molecule has 5 rings (SSSR count). The largest absolute Gasteiger partial charge is 0.452 e. The van der Waals surface area contributed by atoms with Gasteiger partial charge in [-0.25, -0.2) is 4.79 Å². The lowest BCUT2D eigenvalue weighted by atomic mass is 10.1. The Morgan fingerprint density at radius 3 is 2.83 bits per heavy atom. The molecule has 146 valence electrons. The molecule has 0 saturated carbocycles. The summed E-state index contributed by atoms with van der Waals surface area (Å²) < 4.78 is 16.4. The zero-order valence-electron chi connectivity index (χ0n) is 15.5. The smallest absolute Gasteiger partial charge is 0.415 e. The van der Waals surface area contributed by atoms with E-state index in [4.69, 9.17) is 14.2 Å². The second-order valence-electron chi connectivity index (χ2n) is 6.85. The van der Waals surface area contributed by atoms with Crippen LogP contribution in [0.2, 0.25) is 0 Å². The molecule has 2 aromatic carbocycles. The van der Waals surface area contributed by atoms with Crippen molar-refractivity contribution in [1.82, 2.24) is 9.88 Å². The number of ketones is 1. The lowest BCUT2D eigenvalue weighted by molar-refractivity contribution is 0.0416. The fourth-order valence-corrected chi connectivity index (χ4v) is 3.50. The summed E-state index contributed by atoms with van der Waals surface area (Å²) in [5.74, 6) is 0.757. The minimum Gasteiger partial charge on any atom is -0.452 e. The van der Waals surface area contributed by atoms with Crippen LogP contribution in [0.25, 0.3) is 17.0 Å². The van der Waals surface area contributed by atoms with Crippen LogP contribution in [0.3, 0.4) is 0 Å². The van der Waals surface area contributed by atoms with Gasteiger partial charge in [-0.15, -0.1) is 0 Å². The van der Waals surface area contributed by atoms with Gasteiger partial charge in [-0.2, -0.15) is 0 Å². The maximum Gasteiger partial charge on any atom is 0.415 e. The van der Waals surface area contributed by atoms with Crippen LogP contribution < -0.4 is 9.47 Å². The average Bonchev–Trinajstić information content (AvgIpc) is 3.30. The molecule has 0 unspecified atom stereocenters. The first kappa shape index (κ1) is 17.5. The molecule has 0 atom stereocenters. The Labute approximate surface area is 166 Å². The molecule has 1 aromatic heterocycles. The molecule has 7 heteroatoms. The highest BCUT2D eigenvalue weighted by atomic mass is 16.6. The predicted molar refractivity (Wildman–Crippen MR) is 106 cm³/mol. The number of aromatic amines is 1. The number of hydrogen-bond donors (Lipinski definition) is 1. The quantitative estimate of drug-likeness (QED) is 0.676. The number of para-hydroxylation sites is 1. The molecule has 1 saturated heterocycles. The zero-order valence-corrected chi connectivity index (χ0v) is 15.5. The topological polar surface area (TPSA) is 80.9 Å². The lowest BCUT2D eigenvalue weighted by Gasteiger charge is -2.25. The Hall–Kier alpha value is -3.58. The maximum absolute atomic E-state index is 12.7. The van der Waals surface area contributed by atoms with E-state index in [2.05, 4.69) is 4.98 Å². The van der Waals surface area contributed by atoms with E-state index < -0.39 is 6.09 Å². The Morgan fingerprint density at radius 1 is 1.14 bits per heavy atom. The Morgan fingerprint density at radius 2 is 1.97 bits per heavy atom. The summed E-state index contributed by atoms with van der Waals surface area (Å²) >= 11 is 0. The molecule has 3 heterocycles. The standard InChI is InChI=1S/C22H18N2O5/c25-21-17-6-5-15(28-22(26)24-7-9-27-10-8-24)12-19(17)29-20(21)11-14-13-23-18-4-2-1-3-16(14)18/h1-6,11-13,23H,7-10H2. The second-order valence-corrected chi connectivity index (χ2v) is 6.85. The van der Waals surface area contributed by atoms with Crippen molar-refractivity contribution >= 4 is 28.9 Å². The first-order chi connectivity index (χ1) is 14.2. The van der Waals surface area contributed by atoms with Crippen LogP contribution in [0, 0.1) is 0 Å². The van der Waals surface area contributed by atoms with Gasteiger partial charge in [0.2, 0.25) is 5.78 Å². The number of H-pyrrole nitrogens is 1. The SMILES string of the molecule is O=C1C(=Cc2c[nH]c3ccccc23)Oc2cc(OC(=O)N3CCOCC3)ccc21. The van der Waals surface area contributed by atoms with Crippen molar-refractivity contribution in [3.8, 4) is 11.5 Å². The number of allylic oxidation sites excluding steroid dienone is 1. The van der Waals surface area contributed by atoms with Crippen molar-refractivity contribution in [2.75, 3.05) is 26.3 Å². The third-order valence-corrected chi connectivity index (χ3v) is 5.02. The number of benzene rings is 2. The van der Waals surface area contributed by atoms with Crippen molar-refractivity contribution < 1.29 is 23.8 Å².